The molecule has 0 saturated heterocycles. The molecule has 1 aliphatic rings. The first-order valence-corrected chi connectivity index (χ1v) is 4.93. The topological polar surface area (TPSA) is 65.3 Å². The van der Waals surface area contributed by atoms with Crippen LogP contribution in [0.15, 0.2) is 16.7 Å². The Labute approximate surface area is 88.4 Å². The minimum absolute atomic E-state index is 0.120. The molecule has 14 heavy (non-hydrogen) atoms. The molecule has 0 radical (unpaired) electrons. The highest BCUT2D eigenvalue weighted by Crippen LogP contribution is 2.37. The standard InChI is InChI=1S/C8H7BrN2O3/c9-6-3-4-10-8(11(12)13)7(6)14-5-1-2-5/h3-5H,1-2H2. The van der Waals surface area contributed by atoms with Gasteiger partial charge in [-0.15, -0.1) is 0 Å². The maximum Gasteiger partial charge on any atom is 0.407 e. The number of aromatic nitrogens is 1. The Morgan fingerprint density at radius 3 is 2.93 bits per heavy atom. The predicted octanol–water partition coefficient (Wildman–Crippen LogP) is 2.29. The zero-order valence-corrected chi connectivity index (χ0v) is 8.73. The van der Waals surface area contributed by atoms with E-state index in [-0.39, 0.29) is 17.7 Å². The van der Waals surface area contributed by atoms with Gasteiger partial charge in [0.05, 0.1) is 10.6 Å². The maximum absolute atomic E-state index is 10.6. The van der Waals surface area contributed by atoms with Gasteiger partial charge in [-0.25, -0.2) is 0 Å². The van der Waals surface area contributed by atoms with Gasteiger partial charge >= 0.3 is 5.82 Å². The van der Waals surface area contributed by atoms with E-state index in [1.165, 1.54) is 6.20 Å². The summed E-state index contributed by atoms with van der Waals surface area (Å²) in [6.45, 7) is 0. The van der Waals surface area contributed by atoms with Crippen molar-refractivity contribution in [3.63, 3.8) is 0 Å². The molecule has 1 aliphatic carbocycles. The number of ether oxygens (including phenoxy) is 1. The highest BCUT2D eigenvalue weighted by molar-refractivity contribution is 9.10. The molecule has 1 fully saturated rings. The molecule has 0 aromatic carbocycles. The van der Waals surface area contributed by atoms with E-state index in [1.807, 2.05) is 0 Å². The van der Waals surface area contributed by atoms with E-state index in [9.17, 15) is 10.1 Å². The van der Waals surface area contributed by atoms with E-state index >= 15 is 0 Å². The summed E-state index contributed by atoms with van der Waals surface area (Å²) in [6, 6.07) is 1.63. The van der Waals surface area contributed by atoms with Crippen molar-refractivity contribution < 1.29 is 9.66 Å². The minimum Gasteiger partial charge on any atom is -0.482 e. The van der Waals surface area contributed by atoms with Gasteiger partial charge in [0.1, 0.15) is 6.20 Å². The van der Waals surface area contributed by atoms with E-state index < -0.39 is 4.92 Å². The summed E-state index contributed by atoms with van der Waals surface area (Å²) in [4.78, 5) is 13.7. The van der Waals surface area contributed by atoms with E-state index in [2.05, 4.69) is 20.9 Å². The normalized spacial score (nSPS) is 15.2. The lowest BCUT2D eigenvalue weighted by atomic mass is 10.4. The fraction of sp³-hybridized carbons (Fsp3) is 0.375. The first-order chi connectivity index (χ1) is 6.68. The second kappa shape index (κ2) is 3.53. The molecule has 1 aromatic heterocycles. The second-order valence-corrected chi connectivity index (χ2v) is 3.87. The second-order valence-electron chi connectivity index (χ2n) is 3.02. The van der Waals surface area contributed by atoms with Gasteiger partial charge in [-0.05, 0) is 38.7 Å². The summed E-state index contributed by atoms with van der Waals surface area (Å²) in [7, 11) is 0. The van der Waals surface area contributed by atoms with Crippen LogP contribution in [0.5, 0.6) is 5.75 Å². The summed E-state index contributed by atoms with van der Waals surface area (Å²) in [5, 5.41) is 10.6. The number of halogens is 1. The van der Waals surface area contributed by atoms with Crippen molar-refractivity contribution in [3.8, 4) is 5.75 Å². The molecule has 0 N–H and O–H groups in total. The highest BCUT2D eigenvalue weighted by atomic mass is 79.9. The van der Waals surface area contributed by atoms with Crippen LogP contribution >= 0.6 is 15.9 Å². The third kappa shape index (κ3) is 1.84. The zero-order chi connectivity index (χ0) is 10.1. The lowest BCUT2D eigenvalue weighted by Crippen LogP contribution is -2.02. The Kier molecular flexibility index (Phi) is 2.37. The van der Waals surface area contributed by atoms with Crippen LogP contribution in [0.4, 0.5) is 5.82 Å². The third-order valence-corrected chi connectivity index (χ3v) is 2.44. The van der Waals surface area contributed by atoms with E-state index in [0.29, 0.717) is 4.47 Å². The van der Waals surface area contributed by atoms with Gasteiger partial charge in [0.25, 0.3) is 0 Å². The average Bonchev–Trinajstić information content (AvgIpc) is 2.91. The van der Waals surface area contributed by atoms with Gasteiger partial charge < -0.3 is 14.9 Å². The lowest BCUT2D eigenvalue weighted by Gasteiger charge is -2.05. The summed E-state index contributed by atoms with van der Waals surface area (Å²) < 4.78 is 5.97. The van der Waals surface area contributed by atoms with Gasteiger partial charge in [-0.1, -0.05) is 0 Å². The van der Waals surface area contributed by atoms with Crippen molar-refractivity contribution in [1.82, 2.24) is 4.98 Å². The summed E-state index contributed by atoms with van der Waals surface area (Å²) in [6.07, 6.45) is 3.41. The maximum atomic E-state index is 10.6. The highest BCUT2D eigenvalue weighted by Gasteiger charge is 2.29. The smallest absolute Gasteiger partial charge is 0.407 e. The molecule has 0 aliphatic heterocycles. The molecule has 6 heteroatoms. The predicted molar refractivity (Wildman–Crippen MR) is 52.2 cm³/mol. The molecule has 5 nitrogen and oxygen atoms in total. The number of hydrogen-bond acceptors (Lipinski definition) is 4. The fourth-order valence-electron chi connectivity index (χ4n) is 1.01. The van der Waals surface area contributed by atoms with Crippen LogP contribution in [0.25, 0.3) is 0 Å². The summed E-state index contributed by atoms with van der Waals surface area (Å²) >= 11 is 3.20. The SMILES string of the molecule is O=[N+]([O-])c1nccc(Br)c1OC1CC1. The van der Waals surface area contributed by atoms with Crippen LogP contribution in [0.2, 0.25) is 0 Å². The Morgan fingerprint density at radius 1 is 1.64 bits per heavy atom. The molecule has 2 rings (SSSR count). The Bertz CT molecular complexity index is 379. The molecule has 0 spiro atoms. The van der Waals surface area contributed by atoms with Gasteiger partial charge in [0.2, 0.25) is 5.75 Å². The monoisotopic (exact) mass is 258 g/mol. The van der Waals surface area contributed by atoms with Crippen LogP contribution < -0.4 is 4.74 Å². The molecular weight excluding hydrogens is 252 g/mol. The molecule has 0 amide bonds. The quantitative estimate of drug-likeness (QED) is 0.617. The minimum atomic E-state index is -0.539. The van der Waals surface area contributed by atoms with Crippen molar-refractivity contribution in [2.45, 2.75) is 18.9 Å². The summed E-state index contributed by atoms with van der Waals surface area (Å²) in [5.41, 5.74) is 0. The van der Waals surface area contributed by atoms with Crippen molar-refractivity contribution in [3.05, 3.63) is 26.9 Å². The van der Waals surface area contributed by atoms with Gasteiger partial charge in [0.15, 0.2) is 0 Å². The van der Waals surface area contributed by atoms with Crippen LogP contribution in [0.3, 0.4) is 0 Å². The van der Waals surface area contributed by atoms with Crippen molar-refractivity contribution in [2.75, 3.05) is 0 Å². The molecule has 0 atom stereocenters. The molecule has 0 unspecified atom stereocenters. The molecule has 74 valence electrons. The number of nitrogens with zero attached hydrogens (tertiary/aromatic N) is 2. The van der Waals surface area contributed by atoms with Crippen LogP contribution in [-0.2, 0) is 0 Å². The Hall–Kier alpha value is -1.17. The molecule has 1 aromatic rings. The fourth-order valence-corrected chi connectivity index (χ4v) is 1.40. The Morgan fingerprint density at radius 2 is 2.36 bits per heavy atom. The molecule has 1 heterocycles. The van der Waals surface area contributed by atoms with Crippen LogP contribution in [0.1, 0.15) is 12.8 Å². The number of rotatable bonds is 3. The van der Waals surface area contributed by atoms with E-state index in [1.54, 1.807) is 6.07 Å². The third-order valence-electron chi connectivity index (χ3n) is 1.82. The molecule has 0 bridgehead atoms. The molecular formula is C8H7BrN2O3. The van der Waals surface area contributed by atoms with Crippen LogP contribution in [-0.4, -0.2) is 16.0 Å². The van der Waals surface area contributed by atoms with Crippen molar-refractivity contribution in [1.29, 1.82) is 0 Å². The van der Waals surface area contributed by atoms with Gasteiger partial charge in [-0.3, -0.25) is 0 Å². The number of pyridine rings is 1. The largest absolute Gasteiger partial charge is 0.482 e. The van der Waals surface area contributed by atoms with Gasteiger partial charge in [0, 0.05) is 6.07 Å². The molecule has 1 saturated carbocycles. The first-order valence-electron chi connectivity index (χ1n) is 4.14. The van der Waals surface area contributed by atoms with E-state index in [4.69, 9.17) is 4.74 Å². The Balaban J connectivity index is 2.36. The van der Waals surface area contributed by atoms with Crippen molar-refractivity contribution >= 4 is 21.7 Å². The first kappa shape index (κ1) is 9.39. The van der Waals surface area contributed by atoms with Crippen LogP contribution in [0, 0.1) is 10.1 Å². The van der Waals surface area contributed by atoms with Gasteiger partial charge in [-0.2, -0.15) is 0 Å². The lowest BCUT2D eigenvalue weighted by molar-refractivity contribution is -0.390. The van der Waals surface area contributed by atoms with Crippen molar-refractivity contribution in [2.24, 2.45) is 0 Å². The summed E-state index contributed by atoms with van der Waals surface area (Å²) in [5.74, 6) is 0.00581. The average molecular weight is 259 g/mol. The number of nitro groups is 1. The zero-order valence-electron chi connectivity index (χ0n) is 7.14. The van der Waals surface area contributed by atoms with E-state index in [0.717, 1.165) is 12.8 Å². The number of hydrogen-bond donors (Lipinski definition) is 0.